The molecule has 1 saturated heterocycles. The summed E-state index contributed by atoms with van der Waals surface area (Å²) in [7, 11) is 1.84. The SMILES string of the molecule is COC1CCN(CC2CCC(N)C(C)C2(C)C)CC1. The van der Waals surface area contributed by atoms with Crippen molar-refractivity contribution in [1.82, 2.24) is 4.90 Å². The Morgan fingerprint density at radius 1 is 1.16 bits per heavy atom. The van der Waals surface area contributed by atoms with Crippen LogP contribution in [-0.4, -0.2) is 43.8 Å². The molecule has 3 atom stereocenters. The van der Waals surface area contributed by atoms with Crippen molar-refractivity contribution in [2.24, 2.45) is 23.0 Å². The van der Waals surface area contributed by atoms with E-state index in [2.05, 4.69) is 25.7 Å². The highest BCUT2D eigenvalue weighted by molar-refractivity contribution is 4.94. The number of hydrogen-bond acceptors (Lipinski definition) is 3. The summed E-state index contributed by atoms with van der Waals surface area (Å²) in [4.78, 5) is 2.64. The van der Waals surface area contributed by atoms with E-state index in [1.54, 1.807) is 0 Å². The third kappa shape index (κ3) is 3.32. The normalized spacial score (nSPS) is 37.4. The minimum absolute atomic E-state index is 0.371. The third-order valence-electron chi connectivity index (χ3n) is 6.06. The molecule has 1 aliphatic carbocycles. The van der Waals surface area contributed by atoms with Gasteiger partial charge in [-0.3, -0.25) is 0 Å². The summed E-state index contributed by atoms with van der Waals surface area (Å²) in [6, 6.07) is 0.394. The van der Waals surface area contributed by atoms with Gasteiger partial charge < -0.3 is 15.4 Å². The first-order valence-corrected chi connectivity index (χ1v) is 7.96. The van der Waals surface area contributed by atoms with E-state index in [0.29, 0.717) is 23.5 Å². The summed E-state index contributed by atoms with van der Waals surface area (Å²) >= 11 is 0. The quantitative estimate of drug-likeness (QED) is 0.854. The van der Waals surface area contributed by atoms with E-state index >= 15 is 0 Å². The highest BCUT2D eigenvalue weighted by atomic mass is 16.5. The Morgan fingerprint density at radius 3 is 2.37 bits per heavy atom. The Labute approximate surface area is 118 Å². The summed E-state index contributed by atoms with van der Waals surface area (Å²) in [5, 5.41) is 0. The fourth-order valence-electron chi connectivity index (χ4n) is 3.90. The molecule has 2 N–H and O–H groups in total. The Bertz CT molecular complexity index is 284. The van der Waals surface area contributed by atoms with E-state index in [-0.39, 0.29) is 0 Å². The molecule has 3 heteroatoms. The molecular weight excluding hydrogens is 236 g/mol. The number of ether oxygens (including phenoxy) is 1. The van der Waals surface area contributed by atoms with Crippen molar-refractivity contribution in [2.45, 2.75) is 58.6 Å². The Kier molecular flexibility index (Phi) is 4.91. The number of nitrogens with two attached hydrogens (primary N) is 1. The molecular formula is C16H32N2O. The monoisotopic (exact) mass is 268 g/mol. The zero-order chi connectivity index (χ0) is 14.0. The van der Waals surface area contributed by atoms with Crippen LogP contribution in [-0.2, 0) is 4.74 Å². The van der Waals surface area contributed by atoms with Gasteiger partial charge >= 0.3 is 0 Å². The van der Waals surface area contributed by atoms with Gasteiger partial charge in [0.05, 0.1) is 6.10 Å². The number of likely N-dealkylation sites (tertiary alicyclic amines) is 1. The lowest BCUT2D eigenvalue weighted by Crippen LogP contribution is -2.51. The van der Waals surface area contributed by atoms with E-state index in [1.807, 2.05) is 7.11 Å². The van der Waals surface area contributed by atoms with Crippen LogP contribution in [0.3, 0.4) is 0 Å². The van der Waals surface area contributed by atoms with Crippen LogP contribution in [0.15, 0.2) is 0 Å². The molecule has 3 unspecified atom stereocenters. The van der Waals surface area contributed by atoms with Gasteiger partial charge in [-0.05, 0) is 42.9 Å². The smallest absolute Gasteiger partial charge is 0.0595 e. The second-order valence-corrected chi connectivity index (χ2v) is 7.28. The number of methoxy groups -OCH3 is 1. The molecule has 2 fully saturated rings. The van der Waals surface area contributed by atoms with Crippen molar-refractivity contribution in [1.29, 1.82) is 0 Å². The van der Waals surface area contributed by atoms with Crippen LogP contribution in [0.5, 0.6) is 0 Å². The van der Waals surface area contributed by atoms with Crippen LogP contribution < -0.4 is 5.73 Å². The topological polar surface area (TPSA) is 38.5 Å². The van der Waals surface area contributed by atoms with Crippen LogP contribution in [0.2, 0.25) is 0 Å². The van der Waals surface area contributed by atoms with E-state index < -0.39 is 0 Å². The van der Waals surface area contributed by atoms with Gasteiger partial charge in [-0.25, -0.2) is 0 Å². The molecule has 2 rings (SSSR count). The molecule has 112 valence electrons. The number of rotatable bonds is 3. The first-order chi connectivity index (χ1) is 8.95. The molecule has 0 aromatic rings. The minimum Gasteiger partial charge on any atom is -0.381 e. The van der Waals surface area contributed by atoms with Crippen LogP contribution in [0.25, 0.3) is 0 Å². The summed E-state index contributed by atoms with van der Waals surface area (Å²) in [5.41, 5.74) is 6.63. The van der Waals surface area contributed by atoms with Crippen LogP contribution in [0.1, 0.15) is 46.5 Å². The first-order valence-electron chi connectivity index (χ1n) is 7.96. The van der Waals surface area contributed by atoms with Gasteiger partial charge in [-0.1, -0.05) is 20.8 Å². The second kappa shape index (κ2) is 6.11. The van der Waals surface area contributed by atoms with E-state index in [9.17, 15) is 0 Å². The zero-order valence-electron chi connectivity index (χ0n) is 13.2. The molecule has 2 aliphatic rings. The fraction of sp³-hybridized carbons (Fsp3) is 1.00. The maximum absolute atomic E-state index is 6.26. The van der Waals surface area contributed by atoms with Gasteiger partial charge in [0.1, 0.15) is 0 Å². The molecule has 1 aliphatic heterocycles. The summed E-state index contributed by atoms with van der Waals surface area (Å²) in [6.07, 6.45) is 5.37. The van der Waals surface area contributed by atoms with Crippen molar-refractivity contribution in [3.63, 3.8) is 0 Å². The standard InChI is InChI=1S/C16H32N2O/c1-12-15(17)6-5-13(16(12,2)3)11-18-9-7-14(19-4)8-10-18/h12-15H,5-11,17H2,1-4H3. The minimum atomic E-state index is 0.371. The predicted octanol–water partition coefficient (Wildman–Crippen LogP) is 2.50. The number of piperidine rings is 1. The zero-order valence-corrected chi connectivity index (χ0v) is 13.2. The molecule has 0 aromatic carbocycles. The lowest BCUT2D eigenvalue weighted by Gasteiger charge is -2.49. The molecule has 0 bridgehead atoms. The summed E-state index contributed by atoms with van der Waals surface area (Å²) in [5.74, 6) is 1.42. The Balaban J connectivity index is 1.89. The van der Waals surface area contributed by atoms with Gasteiger partial charge in [0.25, 0.3) is 0 Å². The second-order valence-electron chi connectivity index (χ2n) is 7.28. The maximum atomic E-state index is 6.26. The molecule has 0 aromatic heterocycles. The van der Waals surface area contributed by atoms with E-state index in [0.717, 1.165) is 5.92 Å². The molecule has 1 heterocycles. The third-order valence-corrected chi connectivity index (χ3v) is 6.06. The van der Waals surface area contributed by atoms with Gasteiger partial charge in [0.15, 0.2) is 0 Å². The molecule has 19 heavy (non-hydrogen) atoms. The lowest BCUT2D eigenvalue weighted by atomic mass is 9.61. The van der Waals surface area contributed by atoms with E-state index in [1.165, 1.54) is 45.3 Å². The number of nitrogens with zero attached hydrogens (tertiary/aromatic N) is 1. The van der Waals surface area contributed by atoms with Gasteiger partial charge in [0, 0.05) is 32.8 Å². The largest absolute Gasteiger partial charge is 0.381 e. The van der Waals surface area contributed by atoms with Gasteiger partial charge in [-0.15, -0.1) is 0 Å². The fourth-order valence-corrected chi connectivity index (χ4v) is 3.90. The molecule has 3 nitrogen and oxygen atoms in total. The molecule has 0 spiro atoms. The Morgan fingerprint density at radius 2 is 1.79 bits per heavy atom. The molecule has 1 saturated carbocycles. The van der Waals surface area contributed by atoms with Crippen molar-refractivity contribution in [2.75, 3.05) is 26.7 Å². The summed E-state index contributed by atoms with van der Waals surface area (Å²) in [6.45, 7) is 10.8. The average Bonchev–Trinajstić information content (AvgIpc) is 2.41. The maximum Gasteiger partial charge on any atom is 0.0595 e. The molecule has 0 radical (unpaired) electrons. The van der Waals surface area contributed by atoms with Crippen LogP contribution in [0.4, 0.5) is 0 Å². The lowest BCUT2D eigenvalue weighted by molar-refractivity contribution is 0.000332. The highest BCUT2D eigenvalue weighted by Crippen LogP contribution is 2.44. The van der Waals surface area contributed by atoms with Gasteiger partial charge in [-0.2, -0.15) is 0 Å². The van der Waals surface area contributed by atoms with Crippen molar-refractivity contribution in [3.8, 4) is 0 Å². The van der Waals surface area contributed by atoms with Crippen molar-refractivity contribution >= 4 is 0 Å². The van der Waals surface area contributed by atoms with Crippen molar-refractivity contribution in [3.05, 3.63) is 0 Å². The average molecular weight is 268 g/mol. The van der Waals surface area contributed by atoms with E-state index in [4.69, 9.17) is 10.5 Å². The molecule has 0 amide bonds. The summed E-state index contributed by atoms with van der Waals surface area (Å²) < 4.78 is 5.46. The van der Waals surface area contributed by atoms with Crippen LogP contribution >= 0.6 is 0 Å². The highest BCUT2D eigenvalue weighted by Gasteiger charge is 2.42. The van der Waals surface area contributed by atoms with Crippen molar-refractivity contribution < 1.29 is 4.74 Å². The van der Waals surface area contributed by atoms with Gasteiger partial charge in [0.2, 0.25) is 0 Å². The Hall–Kier alpha value is -0.120. The first kappa shape index (κ1) is 15.3. The predicted molar refractivity (Wildman–Crippen MR) is 80.1 cm³/mol. The number of hydrogen-bond donors (Lipinski definition) is 1. The van der Waals surface area contributed by atoms with Crippen LogP contribution in [0, 0.1) is 17.3 Å².